The minimum absolute atomic E-state index is 0.296. The lowest BCUT2D eigenvalue weighted by atomic mass is 10.1. The number of amides is 1. The van der Waals surface area contributed by atoms with Crippen molar-refractivity contribution in [3.8, 4) is 5.75 Å². The van der Waals surface area contributed by atoms with Crippen molar-refractivity contribution in [3.05, 3.63) is 94.5 Å². The summed E-state index contributed by atoms with van der Waals surface area (Å²) in [5, 5.41) is 3.53. The Balaban J connectivity index is 1.69. The minimum Gasteiger partial charge on any atom is -0.489 e. The molecule has 0 fully saturated rings. The molecule has 8 heteroatoms. The highest BCUT2D eigenvalue weighted by Gasteiger charge is 2.16. The summed E-state index contributed by atoms with van der Waals surface area (Å²) in [4.78, 5) is 12.8. The molecule has 6 nitrogen and oxygen atoms in total. The van der Waals surface area contributed by atoms with E-state index in [0.29, 0.717) is 34.2 Å². The molecule has 31 heavy (non-hydrogen) atoms. The van der Waals surface area contributed by atoms with Crippen LogP contribution in [-0.4, -0.2) is 20.6 Å². The van der Waals surface area contributed by atoms with Crippen molar-refractivity contribution in [2.24, 2.45) is 0 Å². The van der Waals surface area contributed by atoms with Gasteiger partial charge < -0.3 is 10.1 Å². The summed E-state index contributed by atoms with van der Waals surface area (Å²) >= 11 is 5.99. The minimum atomic E-state index is -3.44. The van der Waals surface area contributed by atoms with Gasteiger partial charge in [0.2, 0.25) is 10.0 Å². The summed E-state index contributed by atoms with van der Waals surface area (Å²) in [7, 11) is -3.44. The van der Waals surface area contributed by atoms with E-state index in [1.165, 1.54) is 0 Å². The summed E-state index contributed by atoms with van der Waals surface area (Å²) in [5.74, 6) is 0.259. The first-order chi connectivity index (χ1) is 14.7. The van der Waals surface area contributed by atoms with Crippen LogP contribution in [0.5, 0.6) is 5.75 Å². The highest BCUT2D eigenvalue weighted by atomic mass is 35.5. The molecule has 0 radical (unpaired) electrons. The Bertz CT molecular complexity index is 1180. The SMILES string of the molecule is CC(NC(=O)c1cccc(OCc2cccc(Cl)c2)c1)c1ccccc1NS(C)(=O)=O. The molecule has 1 unspecified atom stereocenters. The van der Waals surface area contributed by atoms with E-state index in [0.717, 1.165) is 11.8 Å². The van der Waals surface area contributed by atoms with Crippen LogP contribution in [0.2, 0.25) is 5.02 Å². The number of carbonyl (C=O) groups is 1. The van der Waals surface area contributed by atoms with Gasteiger partial charge >= 0.3 is 0 Å². The molecule has 0 heterocycles. The second-order valence-corrected chi connectivity index (χ2v) is 9.29. The first-order valence-corrected chi connectivity index (χ1v) is 11.8. The van der Waals surface area contributed by atoms with Crippen LogP contribution in [0.15, 0.2) is 72.8 Å². The molecular formula is C23H23ClN2O4S. The quantitative estimate of drug-likeness (QED) is 0.508. The lowest BCUT2D eigenvalue weighted by molar-refractivity contribution is 0.0939. The third-order valence-corrected chi connectivity index (χ3v) is 5.29. The number of ether oxygens (including phenoxy) is 1. The Labute approximate surface area is 187 Å². The van der Waals surface area contributed by atoms with Crippen molar-refractivity contribution in [2.45, 2.75) is 19.6 Å². The summed E-state index contributed by atoms with van der Waals surface area (Å²) < 4.78 is 31.5. The normalized spacial score (nSPS) is 12.1. The molecule has 0 aromatic heterocycles. The summed E-state index contributed by atoms with van der Waals surface area (Å²) in [5.41, 5.74) is 2.45. The van der Waals surface area contributed by atoms with Gasteiger partial charge in [0, 0.05) is 10.6 Å². The zero-order valence-electron chi connectivity index (χ0n) is 17.1. The zero-order chi connectivity index (χ0) is 22.4. The van der Waals surface area contributed by atoms with Crippen LogP contribution < -0.4 is 14.8 Å². The number of rotatable bonds is 8. The Morgan fingerprint density at radius 1 is 1.03 bits per heavy atom. The van der Waals surface area contributed by atoms with Gasteiger partial charge in [-0.1, -0.05) is 48.0 Å². The number of hydrogen-bond donors (Lipinski definition) is 2. The lowest BCUT2D eigenvalue weighted by Crippen LogP contribution is -2.27. The maximum atomic E-state index is 12.8. The van der Waals surface area contributed by atoms with Gasteiger partial charge in [-0.15, -0.1) is 0 Å². The number of hydrogen-bond acceptors (Lipinski definition) is 4. The Kier molecular flexibility index (Phi) is 7.20. The second-order valence-electron chi connectivity index (χ2n) is 7.10. The smallest absolute Gasteiger partial charge is 0.251 e. The van der Waals surface area contributed by atoms with Gasteiger partial charge in [-0.05, 0) is 54.4 Å². The molecule has 3 aromatic carbocycles. The van der Waals surface area contributed by atoms with Gasteiger partial charge in [0.1, 0.15) is 12.4 Å². The predicted molar refractivity (Wildman–Crippen MR) is 123 cm³/mol. The van der Waals surface area contributed by atoms with Gasteiger partial charge in [0.25, 0.3) is 5.91 Å². The van der Waals surface area contributed by atoms with Crippen LogP contribution in [0.1, 0.15) is 34.5 Å². The van der Waals surface area contributed by atoms with E-state index in [1.807, 2.05) is 18.2 Å². The molecule has 162 valence electrons. The van der Waals surface area contributed by atoms with Crippen LogP contribution >= 0.6 is 11.6 Å². The number of nitrogens with one attached hydrogen (secondary N) is 2. The molecule has 1 atom stereocenters. The fraction of sp³-hybridized carbons (Fsp3) is 0.174. The van der Waals surface area contributed by atoms with Crippen molar-refractivity contribution in [2.75, 3.05) is 11.0 Å². The summed E-state index contributed by atoms with van der Waals surface area (Å²) in [6, 6.07) is 20.8. The number of sulfonamides is 1. The Morgan fingerprint density at radius 2 is 1.77 bits per heavy atom. The predicted octanol–water partition coefficient (Wildman–Crippen LogP) is 4.78. The van der Waals surface area contributed by atoms with E-state index in [1.54, 1.807) is 61.5 Å². The largest absolute Gasteiger partial charge is 0.489 e. The molecule has 3 aromatic rings. The van der Waals surface area contributed by atoms with Gasteiger partial charge in [-0.2, -0.15) is 0 Å². The van der Waals surface area contributed by atoms with E-state index >= 15 is 0 Å². The zero-order valence-corrected chi connectivity index (χ0v) is 18.7. The van der Waals surface area contributed by atoms with Crippen LogP contribution in [0.4, 0.5) is 5.69 Å². The fourth-order valence-corrected chi connectivity index (χ4v) is 3.84. The standard InChI is InChI=1S/C23H23ClN2O4S/c1-16(21-11-3-4-12-22(21)26-31(2,28)29)25-23(27)18-8-6-10-20(14-18)30-15-17-7-5-9-19(24)13-17/h3-14,16,26H,15H2,1-2H3,(H,25,27). The lowest BCUT2D eigenvalue weighted by Gasteiger charge is -2.18. The molecule has 3 rings (SSSR count). The van der Waals surface area contributed by atoms with Crippen LogP contribution in [0.3, 0.4) is 0 Å². The molecule has 2 N–H and O–H groups in total. The van der Waals surface area contributed by atoms with Crippen molar-refractivity contribution in [3.63, 3.8) is 0 Å². The Hall–Kier alpha value is -3.03. The highest BCUT2D eigenvalue weighted by molar-refractivity contribution is 7.92. The van der Waals surface area contributed by atoms with Crippen molar-refractivity contribution >= 4 is 33.2 Å². The van der Waals surface area contributed by atoms with Crippen LogP contribution in [0, 0.1) is 0 Å². The molecular weight excluding hydrogens is 436 g/mol. The highest BCUT2D eigenvalue weighted by Crippen LogP contribution is 2.24. The molecule has 0 saturated carbocycles. The number of anilines is 1. The monoisotopic (exact) mass is 458 g/mol. The number of halogens is 1. The molecule has 0 aliphatic carbocycles. The number of para-hydroxylation sites is 1. The van der Waals surface area contributed by atoms with E-state index in [9.17, 15) is 13.2 Å². The molecule has 0 aliphatic rings. The van der Waals surface area contributed by atoms with E-state index in [4.69, 9.17) is 16.3 Å². The molecule has 0 spiro atoms. The molecule has 0 aliphatic heterocycles. The van der Waals surface area contributed by atoms with Crippen LogP contribution in [0.25, 0.3) is 0 Å². The van der Waals surface area contributed by atoms with Crippen molar-refractivity contribution in [1.29, 1.82) is 0 Å². The summed E-state index contributed by atoms with van der Waals surface area (Å²) in [6.07, 6.45) is 1.09. The average molecular weight is 459 g/mol. The third kappa shape index (κ3) is 6.73. The average Bonchev–Trinajstić information content (AvgIpc) is 2.71. The first-order valence-electron chi connectivity index (χ1n) is 9.56. The van der Waals surface area contributed by atoms with Crippen molar-refractivity contribution < 1.29 is 17.9 Å². The number of carbonyl (C=O) groups excluding carboxylic acids is 1. The van der Waals surface area contributed by atoms with Crippen LogP contribution in [-0.2, 0) is 16.6 Å². The molecule has 0 saturated heterocycles. The topological polar surface area (TPSA) is 84.5 Å². The third-order valence-electron chi connectivity index (χ3n) is 4.46. The maximum Gasteiger partial charge on any atom is 0.251 e. The van der Waals surface area contributed by atoms with Gasteiger partial charge in [-0.3, -0.25) is 9.52 Å². The number of benzene rings is 3. The Morgan fingerprint density at radius 3 is 2.52 bits per heavy atom. The van der Waals surface area contributed by atoms with E-state index in [2.05, 4.69) is 10.0 Å². The first kappa shape index (κ1) is 22.7. The molecule has 0 bridgehead atoms. The molecule has 1 amide bonds. The van der Waals surface area contributed by atoms with Gasteiger partial charge in [-0.25, -0.2) is 8.42 Å². The van der Waals surface area contributed by atoms with E-state index in [-0.39, 0.29) is 5.91 Å². The maximum absolute atomic E-state index is 12.8. The fourth-order valence-electron chi connectivity index (χ4n) is 3.05. The van der Waals surface area contributed by atoms with Gasteiger partial charge in [0.05, 0.1) is 18.0 Å². The second kappa shape index (κ2) is 9.85. The van der Waals surface area contributed by atoms with Gasteiger partial charge in [0.15, 0.2) is 0 Å². The summed E-state index contributed by atoms with van der Waals surface area (Å²) in [6.45, 7) is 2.12. The van der Waals surface area contributed by atoms with E-state index < -0.39 is 16.1 Å². The van der Waals surface area contributed by atoms with Crippen molar-refractivity contribution in [1.82, 2.24) is 5.32 Å².